The van der Waals surface area contributed by atoms with Gasteiger partial charge in [-0.25, -0.2) is 4.39 Å². The summed E-state index contributed by atoms with van der Waals surface area (Å²) in [5, 5.41) is 0.713. The second-order valence-corrected chi connectivity index (χ2v) is 7.61. The van der Waals surface area contributed by atoms with Gasteiger partial charge in [0.2, 0.25) is 0 Å². The smallest absolute Gasteiger partial charge is 0.149 e. The maximum Gasteiger partial charge on any atom is 0.149 e. The SMILES string of the molecule is C=C(C)CC(C)(Cc1ccccc1)C(=O)Cc1cnc2c(F)cccc2c1. The zero-order valence-corrected chi connectivity index (χ0v) is 15.8. The highest BCUT2D eigenvalue weighted by molar-refractivity contribution is 5.88. The largest absolute Gasteiger partial charge is 0.299 e. The first-order valence-corrected chi connectivity index (χ1v) is 9.12. The molecule has 0 saturated heterocycles. The third-order valence-electron chi connectivity index (χ3n) is 4.89. The predicted octanol–water partition coefficient (Wildman–Crippen LogP) is 5.70. The average molecular weight is 361 g/mol. The predicted molar refractivity (Wildman–Crippen MR) is 108 cm³/mol. The molecule has 2 nitrogen and oxygen atoms in total. The molecule has 2 aromatic carbocycles. The molecule has 3 aromatic rings. The topological polar surface area (TPSA) is 30.0 Å². The molecule has 0 aliphatic rings. The van der Waals surface area contributed by atoms with Crippen LogP contribution in [0.5, 0.6) is 0 Å². The quantitative estimate of drug-likeness (QED) is 0.505. The first-order chi connectivity index (χ1) is 12.9. The number of allylic oxidation sites excluding steroid dienone is 1. The number of pyridine rings is 1. The number of carbonyl (C=O) groups is 1. The van der Waals surface area contributed by atoms with Gasteiger partial charge >= 0.3 is 0 Å². The van der Waals surface area contributed by atoms with Gasteiger partial charge in [-0.05, 0) is 43.0 Å². The molecular weight excluding hydrogens is 337 g/mol. The molecular formula is C24H24FNO. The molecule has 0 aliphatic heterocycles. The van der Waals surface area contributed by atoms with Crippen LogP contribution in [0.15, 0.2) is 72.9 Å². The fourth-order valence-electron chi connectivity index (χ4n) is 3.64. The summed E-state index contributed by atoms with van der Waals surface area (Å²) in [6.45, 7) is 7.98. The lowest BCUT2D eigenvalue weighted by Crippen LogP contribution is -2.32. The minimum absolute atomic E-state index is 0.145. The molecule has 27 heavy (non-hydrogen) atoms. The second-order valence-electron chi connectivity index (χ2n) is 7.61. The molecule has 0 radical (unpaired) electrons. The Bertz CT molecular complexity index is 980. The summed E-state index contributed by atoms with van der Waals surface area (Å²) in [5.41, 5.74) is 2.72. The molecule has 1 atom stereocenters. The van der Waals surface area contributed by atoms with Crippen LogP contribution >= 0.6 is 0 Å². The van der Waals surface area contributed by atoms with Gasteiger partial charge in [-0.1, -0.05) is 55.0 Å². The third-order valence-corrected chi connectivity index (χ3v) is 4.89. The Kier molecular flexibility index (Phi) is 5.50. The molecule has 0 fully saturated rings. The van der Waals surface area contributed by atoms with Crippen molar-refractivity contribution >= 4 is 16.7 Å². The minimum atomic E-state index is -0.538. The summed E-state index contributed by atoms with van der Waals surface area (Å²) in [4.78, 5) is 17.5. The van der Waals surface area contributed by atoms with Crippen LogP contribution in [0.4, 0.5) is 4.39 Å². The number of halogens is 1. The van der Waals surface area contributed by atoms with E-state index in [4.69, 9.17) is 0 Å². The molecule has 0 amide bonds. The van der Waals surface area contributed by atoms with E-state index in [1.807, 2.05) is 56.3 Å². The summed E-state index contributed by atoms with van der Waals surface area (Å²) < 4.78 is 13.8. The van der Waals surface area contributed by atoms with Gasteiger partial charge in [0.05, 0.1) is 0 Å². The number of hydrogen-bond donors (Lipinski definition) is 0. The van der Waals surface area contributed by atoms with Crippen LogP contribution in [0.3, 0.4) is 0 Å². The van der Waals surface area contributed by atoms with Gasteiger partial charge in [-0.2, -0.15) is 0 Å². The van der Waals surface area contributed by atoms with E-state index in [-0.39, 0.29) is 18.0 Å². The van der Waals surface area contributed by atoms with Crippen molar-refractivity contribution in [2.45, 2.75) is 33.1 Å². The summed E-state index contributed by atoms with van der Waals surface area (Å²) in [6, 6.07) is 16.8. The normalized spacial score (nSPS) is 13.3. The zero-order valence-electron chi connectivity index (χ0n) is 15.8. The molecule has 1 unspecified atom stereocenters. The van der Waals surface area contributed by atoms with E-state index in [1.54, 1.807) is 12.3 Å². The maximum atomic E-state index is 13.8. The van der Waals surface area contributed by atoms with E-state index in [9.17, 15) is 9.18 Å². The number of aromatic nitrogens is 1. The van der Waals surface area contributed by atoms with Gasteiger partial charge < -0.3 is 0 Å². The molecule has 0 bridgehead atoms. The number of fused-ring (bicyclic) bond motifs is 1. The molecule has 0 spiro atoms. The number of carbonyl (C=O) groups excluding carboxylic acids is 1. The van der Waals surface area contributed by atoms with E-state index in [1.165, 1.54) is 6.07 Å². The van der Waals surface area contributed by atoms with Crippen LogP contribution in [0.1, 0.15) is 31.4 Å². The Morgan fingerprint density at radius 3 is 2.56 bits per heavy atom. The van der Waals surface area contributed by atoms with Crippen LogP contribution in [-0.4, -0.2) is 10.8 Å². The minimum Gasteiger partial charge on any atom is -0.299 e. The first-order valence-electron chi connectivity index (χ1n) is 9.12. The van der Waals surface area contributed by atoms with Crippen molar-refractivity contribution < 1.29 is 9.18 Å². The van der Waals surface area contributed by atoms with Crippen LogP contribution in [-0.2, 0) is 17.6 Å². The van der Waals surface area contributed by atoms with Gasteiger partial charge in [-0.15, -0.1) is 6.58 Å². The number of rotatable bonds is 7. The van der Waals surface area contributed by atoms with Crippen molar-refractivity contribution in [3.63, 3.8) is 0 Å². The summed E-state index contributed by atoms with van der Waals surface area (Å²) >= 11 is 0. The van der Waals surface area contributed by atoms with Crippen LogP contribution < -0.4 is 0 Å². The van der Waals surface area contributed by atoms with Crippen molar-refractivity contribution in [1.82, 2.24) is 4.98 Å². The number of hydrogen-bond acceptors (Lipinski definition) is 2. The van der Waals surface area contributed by atoms with Crippen molar-refractivity contribution in [3.05, 3.63) is 89.9 Å². The van der Waals surface area contributed by atoms with Gasteiger partial charge in [0.15, 0.2) is 0 Å². The summed E-state index contributed by atoms with van der Waals surface area (Å²) in [6.07, 6.45) is 3.18. The van der Waals surface area contributed by atoms with Crippen LogP contribution in [0, 0.1) is 11.2 Å². The first kappa shape index (κ1) is 19.0. The van der Waals surface area contributed by atoms with Crippen molar-refractivity contribution in [3.8, 4) is 0 Å². The summed E-state index contributed by atoms with van der Waals surface area (Å²) in [7, 11) is 0. The van der Waals surface area contributed by atoms with E-state index in [0.29, 0.717) is 23.7 Å². The highest BCUT2D eigenvalue weighted by atomic mass is 19.1. The molecule has 3 rings (SSSR count). The Hall–Kier alpha value is -2.81. The van der Waals surface area contributed by atoms with Gasteiger partial charge in [0.1, 0.15) is 17.1 Å². The van der Waals surface area contributed by atoms with Gasteiger partial charge in [0, 0.05) is 23.4 Å². The average Bonchev–Trinajstić information content (AvgIpc) is 2.62. The summed E-state index contributed by atoms with van der Waals surface area (Å²) in [5.74, 6) is -0.200. The van der Waals surface area contributed by atoms with Crippen molar-refractivity contribution in [1.29, 1.82) is 0 Å². The highest BCUT2D eigenvalue weighted by Crippen LogP contribution is 2.32. The molecule has 3 heteroatoms. The van der Waals surface area contributed by atoms with Crippen LogP contribution in [0.2, 0.25) is 0 Å². The number of benzene rings is 2. The third kappa shape index (κ3) is 4.48. The van der Waals surface area contributed by atoms with E-state index < -0.39 is 5.41 Å². The number of para-hydroxylation sites is 1. The molecule has 0 aliphatic carbocycles. The van der Waals surface area contributed by atoms with E-state index in [0.717, 1.165) is 16.7 Å². The zero-order chi connectivity index (χ0) is 19.4. The van der Waals surface area contributed by atoms with Gasteiger partial charge in [-0.3, -0.25) is 9.78 Å². The number of ketones is 1. The Morgan fingerprint density at radius 1 is 1.11 bits per heavy atom. The van der Waals surface area contributed by atoms with Crippen molar-refractivity contribution in [2.24, 2.45) is 5.41 Å². The lowest BCUT2D eigenvalue weighted by atomic mass is 9.73. The van der Waals surface area contributed by atoms with Crippen molar-refractivity contribution in [2.75, 3.05) is 0 Å². The molecule has 138 valence electrons. The molecule has 1 heterocycles. The maximum absolute atomic E-state index is 13.8. The Labute approximate surface area is 159 Å². The second kappa shape index (κ2) is 7.83. The number of Topliss-reactive ketones (excluding diaryl/α,β-unsaturated/α-hetero) is 1. The lowest BCUT2D eigenvalue weighted by Gasteiger charge is -2.29. The van der Waals surface area contributed by atoms with Gasteiger partial charge in [0.25, 0.3) is 0 Å². The Balaban J connectivity index is 1.86. The monoisotopic (exact) mass is 361 g/mol. The molecule has 0 saturated carbocycles. The number of nitrogens with zero attached hydrogens (tertiary/aromatic N) is 1. The fourth-order valence-corrected chi connectivity index (χ4v) is 3.64. The Morgan fingerprint density at radius 2 is 1.85 bits per heavy atom. The van der Waals surface area contributed by atoms with E-state index in [2.05, 4.69) is 11.6 Å². The fraction of sp³-hybridized carbons (Fsp3) is 0.250. The highest BCUT2D eigenvalue weighted by Gasteiger charge is 2.33. The molecule has 0 N–H and O–H groups in total. The lowest BCUT2D eigenvalue weighted by molar-refractivity contribution is -0.127. The van der Waals surface area contributed by atoms with E-state index >= 15 is 0 Å². The standard InChI is InChI=1S/C24H24FNO/c1-17(2)14-24(3,15-18-8-5-4-6-9-18)22(27)13-19-12-20-10-7-11-21(25)23(20)26-16-19/h4-12,16H,1,13-15H2,2-3H3. The molecule has 1 aromatic heterocycles. The van der Waals surface area contributed by atoms with Crippen LogP contribution in [0.25, 0.3) is 10.9 Å².